The standard InChI is InChI=1S/C13H14N2O2/c1-10-7-8-15(14-10)9-12(13(16)17)11-5-3-2-4-6-11/h2-8,12H,9H2,1H3,(H,16,17). The van der Waals surface area contributed by atoms with Crippen LogP contribution in [-0.2, 0) is 11.3 Å². The van der Waals surface area contributed by atoms with Crippen molar-refractivity contribution in [1.82, 2.24) is 9.78 Å². The molecule has 1 aromatic heterocycles. The number of aromatic nitrogens is 2. The van der Waals surface area contributed by atoms with E-state index in [9.17, 15) is 9.90 Å². The molecule has 4 heteroatoms. The third-order valence-corrected chi connectivity index (χ3v) is 2.64. The summed E-state index contributed by atoms with van der Waals surface area (Å²) >= 11 is 0. The highest BCUT2D eigenvalue weighted by atomic mass is 16.4. The third-order valence-electron chi connectivity index (χ3n) is 2.64. The predicted molar refractivity (Wildman–Crippen MR) is 63.8 cm³/mol. The van der Waals surface area contributed by atoms with Crippen LogP contribution in [0, 0.1) is 6.92 Å². The van der Waals surface area contributed by atoms with E-state index >= 15 is 0 Å². The van der Waals surface area contributed by atoms with Crippen LogP contribution >= 0.6 is 0 Å². The maximum absolute atomic E-state index is 11.3. The number of aliphatic carboxylic acids is 1. The molecular weight excluding hydrogens is 216 g/mol. The van der Waals surface area contributed by atoms with Gasteiger partial charge in [-0.15, -0.1) is 0 Å². The summed E-state index contributed by atoms with van der Waals surface area (Å²) in [6.45, 7) is 2.24. The average Bonchev–Trinajstić information content (AvgIpc) is 2.73. The van der Waals surface area contributed by atoms with Gasteiger partial charge in [0, 0.05) is 6.20 Å². The number of rotatable bonds is 4. The first-order valence-corrected chi connectivity index (χ1v) is 5.44. The fraction of sp³-hybridized carbons (Fsp3) is 0.231. The number of nitrogens with zero attached hydrogens (tertiary/aromatic N) is 2. The van der Waals surface area contributed by atoms with Crippen molar-refractivity contribution < 1.29 is 9.90 Å². The minimum absolute atomic E-state index is 0.354. The lowest BCUT2D eigenvalue weighted by Crippen LogP contribution is -2.18. The summed E-state index contributed by atoms with van der Waals surface area (Å²) in [6, 6.07) is 11.1. The van der Waals surface area contributed by atoms with E-state index in [0.717, 1.165) is 11.3 Å². The lowest BCUT2D eigenvalue weighted by atomic mass is 9.99. The summed E-state index contributed by atoms with van der Waals surface area (Å²) < 4.78 is 1.67. The van der Waals surface area contributed by atoms with E-state index in [1.807, 2.05) is 43.3 Å². The number of carboxylic acid groups (broad SMARTS) is 1. The zero-order chi connectivity index (χ0) is 12.3. The molecule has 1 unspecified atom stereocenters. The molecule has 0 aliphatic heterocycles. The van der Waals surface area contributed by atoms with Gasteiger partial charge in [-0.05, 0) is 18.6 Å². The molecule has 0 spiro atoms. The second-order valence-corrected chi connectivity index (χ2v) is 3.98. The Kier molecular flexibility index (Phi) is 3.23. The van der Waals surface area contributed by atoms with Crippen LogP contribution in [0.15, 0.2) is 42.6 Å². The molecule has 4 nitrogen and oxygen atoms in total. The second kappa shape index (κ2) is 4.82. The van der Waals surface area contributed by atoms with Gasteiger partial charge in [0.2, 0.25) is 0 Å². The molecule has 2 aromatic rings. The van der Waals surface area contributed by atoms with Crippen molar-refractivity contribution in [3.05, 3.63) is 53.9 Å². The molecule has 1 heterocycles. The minimum atomic E-state index is -0.829. The van der Waals surface area contributed by atoms with Crippen LogP contribution in [0.1, 0.15) is 17.2 Å². The zero-order valence-corrected chi connectivity index (χ0v) is 9.58. The maximum atomic E-state index is 11.3. The first-order valence-electron chi connectivity index (χ1n) is 5.44. The summed E-state index contributed by atoms with van der Waals surface area (Å²) in [6.07, 6.45) is 1.80. The highest BCUT2D eigenvalue weighted by Crippen LogP contribution is 2.17. The van der Waals surface area contributed by atoms with Crippen LogP contribution in [0.4, 0.5) is 0 Å². The molecule has 1 aromatic carbocycles. The molecule has 0 radical (unpaired) electrons. The van der Waals surface area contributed by atoms with Gasteiger partial charge in [0.25, 0.3) is 0 Å². The fourth-order valence-electron chi connectivity index (χ4n) is 1.76. The number of carbonyl (C=O) groups is 1. The van der Waals surface area contributed by atoms with Crippen molar-refractivity contribution in [3.63, 3.8) is 0 Å². The maximum Gasteiger partial charge on any atom is 0.312 e. The van der Waals surface area contributed by atoms with E-state index in [0.29, 0.717) is 6.54 Å². The lowest BCUT2D eigenvalue weighted by Gasteiger charge is -2.12. The van der Waals surface area contributed by atoms with Gasteiger partial charge in [-0.2, -0.15) is 5.10 Å². The molecule has 0 aliphatic carbocycles. The van der Waals surface area contributed by atoms with Gasteiger partial charge in [-0.3, -0.25) is 9.48 Å². The van der Waals surface area contributed by atoms with Crippen molar-refractivity contribution in [2.24, 2.45) is 0 Å². The summed E-state index contributed by atoms with van der Waals surface area (Å²) in [5, 5.41) is 13.5. The van der Waals surface area contributed by atoms with E-state index in [1.54, 1.807) is 10.9 Å². The van der Waals surface area contributed by atoms with Gasteiger partial charge in [0.15, 0.2) is 0 Å². The number of benzene rings is 1. The molecule has 0 amide bonds. The number of hydrogen-bond acceptors (Lipinski definition) is 2. The van der Waals surface area contributed by atoms with E-state index in [4.69, 9.17) is 0 Å². The molecule has 1 atom stereocenters. The SMILES string of the molecule is Cc1ccn(CC(C(=O)O)c2ccccc2)n1. The smallest absolute Gasteiger partial charge is 0.312 e. The molecule has 0 fully saturated rings. The molecule has 0 saturated heterocycles. The van der Waals surface area contributed by atoms with E-state index in [-0.39, 0.29) is 0 Å². The average molecular weight is 230 g/mol. The summed E-state index contributed by atoms with van der Waals surface area (Å²) in [5.74, 6) is -1.39. The molecule has 0 bridgehead atoms. The van der Waals surface area contributed by atoms with Crippen LogP contribution in [0.5, 0.6) is 0 Å². The normalized spacial score (nSPS) is 12.3. The van der Waals surface area contributed by atoms with Crippen molar-refractivity contribution in [1.29, 1.82) is 0 Å². The Bertz CT molecular complexity index is 505. The Morgan fingerprint density at radius 1 is 1.35 bits per heavy atom. The second-order valence-electron chi connectivity index (χ2n) is 3.98. The van der Waals surface area contributed by atoms with Crippen LogP contribution in [0.25, 0.3) is 0 Å². The largest absolute Gasteiger partial charge is 0.481 e. The highest BCUT2D eigenvalue weighted by molar-refractivity contribution is 5.75. The lowest BCUT2D eigenvalue weighted by molar-refractivity contribution is -0.139. The molecular formula is C13H14N2O2. The Morgan fingerprint density at radius 3 is 2.59 bits per heavy atom. The predicted octanol–water partition coefficient (Wildman–Crippen LogP) is 2.06. The molecule has 0 saturated carbocycles. The number of carboxylic acids is 1. The Balaban J connectivity index is 2.22. The van der Waals surface area contributed by atoms with Crippen molar-refractivity contribution in [2.45, 2.75) is 19.4 Å². The minimum Gasteiger partial charge on any atom is -0.481 e. The van der Waals surface area contributed by atoms with E-state index in [1.165, 1.54) is 0 Å². The van der Waals surface area contributed by atoms with Gasteiger partial charge in [-0.1, -0.05) is 30.3 Å². The Labute approximate surface area is 99.5 Å². The monoisotopic (exact) mass is 230 g/mol. The van der Waals surface area contributed by atoms with Crippen LogP contribution in [0.3, 0.4) is 0 Å². The third kappa shape index (κ3) is 2.72. The summed E-state index contributed by atoms with van der Waals surface area (Å²) in [7, 11) is 0. The number of aryl methyl sites for hydroxylation is 1. The first-order chi connectivity index (χ1) is 8.16. The van der Waals surface area contributed by atoms with Gasteiger partial charge >= 0.3 is 5.97 Å². The topological polar surface area (TPSA) is 55.1 Å². The van der Waals surface area contributed by atoms with Gasteiger partial charge < -0.3 is 5.11 Å². The van der Waals surface area contributed by atoms with Gasteiger partial charge in [-0.25, -0.2) is 0 Å². The summed E-state index contributed by atoms with van der Waals surface area (Å²) in [5.41, 5.74) is 1.69. The van der Waals surface area contributed by atoms with Crippen molar-refractivity contribution >= 4 is 5.97 Å². The molecule has 1 N–H and O–H groups in total. The van der Waals surface area contributed by atoms with E-state index in [2.05, 4.69) is 5.10 Å². The summed E-state index contributed by atoms with van der Waals surface area (Å²) in [4.78, 5) is 11.3. The van der Waals surface area contributed by atoms with Crippen molar-refractivity contribution in [2.75, 3.05) is 0 Å². The molecule has 88 valence electrons. The fourth-order valence-corrected chi connectivity index (χ4v) is 1.76. The molecule has 0 aliphatic rings. The van der Waals surface area contributed by atoms with Gasteiger partial charge in [0.1, 0.15) is 5.92 Å². The quantitative estimate of drug-likeness (QED) is 0.874. The Hall–Kier alpha value is -2.10. The first kappa shape index (κ1) is 11.4. The zero-order valence-electron chi connectivity index (χ0n) is 9.58. The van der Waals surface area contributed by atoms with Crippen LogP contribution in [0.2, 0.25) is 0 Å². The van der Waals surface area contributed by atoms with E-state index < -0.39 is 11.9 Å². The Morgan fingerprint density at radius 2 is 2.06 bits per heavy atom. The molecule has 2 rings (SSSR count). The molecule has 17 heavy (non-hydrogen) atoms. The van der Waals surface area contributed by atoms with Gasteiger partial charge in [0.05, 0.1) is 12.2 Å². The van der Waals surface area contributed by atoms with Crippen LogP contribution < -0.4 is 0 Å². The van der Waals surface area contributed by atoms with Crippen molar-refractivity contribution in [3.8, 4) is 0 Å². The highest BCUT2D eigenvalue weighted by Gasteiger charge is 2.20. The number of hydrogen-bond donors (Lipinski definition) is 1. The van der Waals surface area contributed by atoms with Crippen LogP contribution in [-0.4, -0.2) is 20.9 Å².